The van der Waals surface area contributed by atoms with Gasteiger partial charge in [0, 0.05) is 0 Å². The van der Waals surface area contributed by atoms with Crippen LogP contribution in [0.1, 0.15) is 37.4 Å². The van der Waals surface area contributed by atoms with Gasteiger partial charge in [-0.3, -0.25) is 14.5 Å². The van der Waals surface area contributed by atoms with E-state index >= 15 is 0 Å². The molecule has 1 saturated heterocycles. The summed E-state index contributed by atoms with van der Waals surface area (Å²) in [6.45, 7) is 3.25. The number of ether oxygens (including phenoxy) is 1. The lowest BCUT2D eigenvalue weighted by Gasteiger charge is -2.22. The minimum absolute atomic E-state index is 0.221. The summed E-state index contributed by atoms with van der Waals surface area (Å²) in [4.78, 5) is 38.7. The van der Waals surface area contributed by atoms with Gasteiger partial charge in [0.2, 0.25) is 5.91 Å². The van der Waals surface area contributed by atoms with E-state index in [2.05, 4.69) is 10.6 Å². The molecule has 0 unspecified atom stereocenters. The van der Waals surface area contributed by atoms with Gasteiger partial charge in [-0.15, -0.1) is 0 Å². The largest absolute Gasteiger partial charge is 0.497 e. The second kappa shape index (κ2) is 8.98. The van der Waals surface area contributed by atoms with Gasteiger partial charge in [-0.05, 0) is 49.9 Å². The Kier molecular flexibility index (Phi) is 6.40. The van der Waals surface area contributed by atoms with Gasteiger partial charge in [0.05, 0.1) is 13.2 Å². The monoisotopic (exact) mass is 409 g/mol. The van der Waals surface area contributed by atoms with Crippen molar-refractivity contribution in [1.29, 1.82) is 0 Å². The molecular weight excluding hydrogens is 382 g/mol. The van der Waals surface area contributed by atoms with Crippen molar-refractivity contribution < 1.29 is 19.1 Å². The highest BCUT2D eigenvalue weighted by molar-refractivity contribution is 6.08. The number of nitrogens with zero attached hydrogens (tertiary/aromatic N) is 1. The lowest BCUT2D eigenvalue weighted by Crippen LogP contribution is -2.45. The van der Waals surface area contributed by atoms with Gasteiger partial charge >= 0.3 is 6.03 Å². The van der Waals surface area contributed by atoms with Crippen molar-refractivity contribution in [2.75, 3.05) is 13.7 Å². The number of nitrogens with one attached hydrogen (secondary N) is 2. The van der Waals surface area contributed by atoms with Crippen LogP contribution in [0.5, 0.6) is 5.75 Å². The Morgan fingerprint density at radius 1 is 1.13 bits per heavy atom. The quantitative estimate of drug-likeness (QED) is 0.657. The summed E-state index contributed by atoms with van der Waals surface area (Å²) >= 11 is 0. The molecule has 1 aliphatic rings. The number of imide groups is 1. The normalized spacial score (nSPS) is 19.4. The number of urea groups is 1. The first-order valence-corrected chi connectivity index (χ1v) is 9.94. The first kappa shape index (κ1) is 21.4. The molecule has 1 heterocycles. The van der Waals surface area contributed by atoms with Gasteiger partial charge in [0.1, 0.15) is 17.8 Å². The molecule has 0 bridgehead atoms. The van der Waals surface area contributed by atoms with E-state index in [4.69, 9.17) is 4.74 Å². The van der Waals surface area contributed by atoms with Crippen molar-refractivity contribution in [1.82, 2.24) is 15.5 Å². The summed E-state index contributed by atoms with van der Waals surface area (Å²) < 4.78 is 5.15. The first-order chi connectivity index (χ1) is 14.3. The fourth-order valence-corrected chi connectivity index (χ4v) is 3.50. The molecule has 3 rings (SSSR count). The first-order valence-electron chi connectivity index (χ1n) is 9.94. The van der Waals surface area contributed by atoms with Crippen LogP contribution in [0.25, 0.3) is 0 Å². The van der Waals surface area contributed by atoms with Crippen molar-refractivity contribution in [3.63, 3.8) is 0 Å². The average Bonchev–Trinajstić information content (AvgIpc) is 2.96. The molecule has 158 valence electrons. The Morgan fingerprint density at radius 3 is 2.43 bits per heavy atom. The van der Waals surface area contributed by atoms with Crippen LogP contribution in [0.15, 0.2) is 54.6 Å². The van der Waals surface area contributed by atoms with E-state index in [0.29, 0.717) is 12.8 Å². The number of carbonyl (C=O) groups excluding carboxylic acids is 3. The van der Waals surface area contributed by atoms with E-state index in [9.17, 15) is 14.4 Å². The van der Waals surface area contributed by atoms with Crippen molar-refractivity contribution in [2.45, 2.75) is 38.3 Å². The van der Waals surface area contributed by atoms with Crippen molar-refractivity contribution in [2.24, 2.45) is 0 Å². The Bertz CT molecular complexity index is 914. The van der Waals surface area contributed by atoms with Gasteiger partial charge in [-0.2, -0.15) is 0 Å². The number of benzene rings is 2. The van der Waals surface area contributed by atoms with Gasteiger partial charge in [-0.1, -0.05) is 42.5 Å². The predicted molar refractivity (Wildman–Crippen MR) is 113 cm³/mol. The minimum Gasteiger partial charge on any atom is -0.497 e. The topological polar surface area (TPSA) is 87.7 Å². The van der Waals surface area contributed by atoms with E-state index in [-0.39, 0.29) is 24.4 Å². The van der Waals surface area contributed by atoms with Crippen LogP contribution in [0, 0.1) is 0 Å². The third kappa shape index (κ3) is 4.79. The molecule has 0 spiro atoms. The summed E-state index contributed by atoms with van der Waals surface area (Å²) in [5, 5.41) is 5.58. The smallest absolute Gasteiger partial charge is 0.325 e. The fourth-order valence-electron chi connectivity index (χ4n) is 3.50. The van der Waals surface area contributed by atoms with E-state index in [1.165, 1.54) is 0 Å². The lowest BCUT2D eigenvalue weighted by atomic mass is 9.93. The third-order valence-corrected chi connectivity index (χ3v) is 5.40. The molecule has 2 atom stereocenters. The molecule has 0 radical (unpaired) electrons. The zero-order chi connectivity index (χ0) is 21.7. The van der Waals surface area contributed by atoms with E-state index in [1.807, 2.05) is 61.5 Å². The second-order valence-electron chi connectivity index (χ2n) is 7.70. The van der Waals surface area contributed by atoms with Crippen LogP contribution in [-0.4, -0.2) is 41.9 Å². The van der Waals surface area contributed by atoms with E-state index < -0.39 is 11.6 Å². The molecule has 0 aliphatic carbocycles. The molecule has 7 nitrogen and oxygen atoms in total. The Hall–Kier alpha value is -3.35. The molecule has 30 heavy (non-hydrogen) atoms. The molecular formula is C23H27N3O4. The standard InChI is InChI=1S/C23H27N3O4/c1-16(18-7-5-4-6-8-18)24-20(27)15-26-21(28)23(2,25-22(26)29)14-13-17-9-11-19(30-3)12-10-17/h4-12,16H,13-15H2,1-3H3,(H,24,27)(H,25,29)/t16-,23-/m0/s1. The molecule has 1 fully saturated rings. The highest BCUT2D eigenvalue weighted by atomic mass is 16.5. The van der Waals surface area contributed by atoms with Crippen molar-refractivity contribution in [3.8, 4) is 5.75 Å². The minimum atomic E-state index is -1.04. The number of hydrogen-bond acceptors (Lipinski definition) is 4. The molecule has 0 saturated carbocycles. The average molecular weight is 409 g/mol. The van der Waals surface area contributed by atoms with Crippen LogP contribution < -0.4 is 15.4 Å². The van der Waals surface area contributed by atoms with Crippen LogP contribution in [0.3, 0.4) is 0 Å². The molecule has 1 aliphatic heterocycles. The molecule has 4 amide bonds. The summed E-state index contributed by atoms with van der Waals surface area (Å²) in [5.41, 5.74) is 0.946. The molecule has 7 heteroatoms. The maximum atomic E-state index is 12.9. The molecule has 0 aromatic heterocycles. The summed E-state index contributed by atoms with van der Waals surface area (Å²) in [6, 6.07) is 16.3. The number of carbonyl (C=O) groups is 3. The summed E-state index contributed by atoms with van der Waals surface area (Å²) in [5.74, 6) is -0.00471. The van der Waals surface area contributed by atoms with Gasteiger partial charge in [-0.25, -0.2) is 4.79 Å². The Morgan fingerprint density at radius 2 is 1.80 bits per heavy atom. The van der Waals surface area contributed by atoms with Crippen molar-refractivity contribution >= 4 is 17.8 Å². The number of rotatable bonds is 8. The van der Waals surface area contributed by atoms with Gasteiger partial charge in [0.15, 0.2) is 0 Å². The Balaban J connectivity index is 1.58. The zero-order valence-corrected chi connectivity index (χ0v) is 17.5. The number of hydrogen-bond donors (Lipinski definition) is 2. The van der Waals surface area contributed by atoms with Crippen LogP contribution in [0.2, 0.25) is 0 Å². The number of aryl methyl sites for hydroxylation is 1. The predicted octanol–water partition coefficient (Wildman–Crippen LogP) is 2.82. The van der Waals surface area contributed by atoms with Crippen LogP contribution >= 0.6 is 0 Å². The third-order valence-electron chi connectivity index (χ3n) is 5.40. The highest BCUT2D eigenvalue weighted by Gasteiger charge is 2.47. The molecule has 2 aromatic rings. The summed E-state index contributed by atoms with van der Waals surface area (Å²) in [7, 11) is 1.61. The fraction of sp³-hybridized carbons (Fsp3) is 0.348. The van der Waals surface area contributed by atoms with E-state index in [1.54, 1.807) is 14.0 Å². The zero-order valence-electron chi connectivity index (χ0n) is 17.5. The number of amides is 4. The van der Waals surface area contributed by atoms with Crippen molar-refractivity contribution in [3.05, 3.63) is 65.7 Å². The molecule has 2 aromatic carbocycles. The summed E-state index contributed by atoms with van der Waals surface area (Å²) in [6.07, 6.45) is 1.04. The van der Waals surface area contributed by atoms with Crippen LogP contribution in [0.4, 0.5) is 4.79 Å². The lowest BCUT2D eigenvalue weighted by molar-refractivity contribution is -0.134. The van der Waals surface area contributed by atoms with E-state index in [0.717, 1.165) is 21.8 Å². The highest BCUT2D eigenvalue weighted by Crippen LogP contribution is 2.24. The molecule has 2 N–H and O–H groups in total. The maximum absolute atomic E-state index is 12.9. The number of methoxy groups -OCH3 is 1. The van der Waals surface area contributed by atoms with Crippen LogP contribution in [-0.2, 0) is 16.0 Å². The van der Waals surface area contributed by atoms with Gasteiger partial charge in [0.25, 0.3) is 5.91 Å². The maximum Gasteiger partial charge on any atom is 0.325 e. The Labute approximate surface area is 176 Å². The SMILES string of the molecule is COc1ccc(CC[C@]2(C)NC(=O)N(CC(=O)N[C@@H](C)c3ccccc3)C2=O)cc1. The second-order valence-corrected chi connectivity index (χ2v) is 7.70. The van der Waals surface area contributed by atoms with Gasteiger partial charge < -0.3 is 15.4 Å².